The van der Waals surface area contributed by atoms with Crippen molar-refractivity contribution in [1.82, 2.24) is 25.1 Å². The van der Waals surface area contributed by atoms with Gasteiger partial charge in [0, 0.05) is 23.5 Å². The third-order valence-corrected chi connectivity index (χ3v) is 5.43. The molecule has 3 aromatic rings. The molecule has 0 spiro atoms. The number of carbonyl (C=O) groups excluding carboxylic acids is 1. The van der Waals surface area contributed by atoms with Crippen LogP contribution in [-0.2, 0) is 4.79 Å². The number of nitrogens with zero attached hydrogens (tertiary/aromatic N) is 4. The molecule has 0 bridgehead atoms. The van der Waals surface area contributed by atoms with Gasteiger partial charge in [-0.25, -0.2) is 9.37 Å². The van der Waals surface area contributed by atoms with Crippen molar-refractivity contribution < 1.29 is 9.18 Å². The smallest absolute Gasteiger partial charge is 0.233 e. The van der Waals surface area contributed by atoms with Crippen LogP contribution in [0.1, 0.15) is 26.2 Å². The number of likely N-dealkylation sites (tertiary alicyclic amines) is 1. The summed E-state index contributed by atoms with van der Waals surface area (Å²) in [6.45, 7) is 2.92. The second-order valence-corrected chi connectivity index (χ2v) is 7.27. The van der Waals surface area contributed by atoms with Gasteiger partial charge >= 0.3 is 0 Å². The van der Waals surface area contributed by atoms with Crippen LogP contribution >= 0.6 is 11.8 Å². The fraction of sp³-hybridized carbons (Fsp3) is 0.412. The lowest BCUT2D eigenvalue weighted by Crippen LogP contribution is -2.42. The second kappa shape index (κ2) is 6.59. The highest BCUT2D eigenvalue weighted by Gasteiger charge is 2.23. The zero-order valence-corrected chi connectivity index (χ0v) is 14.6. The lowest BCUT2D eigenvalue weighted by atomic mass is 10.0. The van der Waals surface area contributed by atoms with Crippen LogP contribution in [0.15, 0.2) is 23.4 Å². The molecule has 1 amide bonds. The molecule has 1 fully saturated rings. The summed E-state index contributed by atoms with van der Waals surface area (Å²) in [5, 5.41) is 9.34. The lowest BCUT2D eigenvalue weighted by Gasteiger charge is -2.33. The zero-order chi connectivity index (χ0) is 17.4. The van der Waals surface area contributed by atoms with Gasteiger partial charge in [0.2, 0.25) is 11.1 Å². The van der Waals surface area contributed by atoms with Gasteiger partial charge in [-0.15, -0.1) is 10.2 Å². The Balaban J connectivity index is 1.52. The minimum Gasteiger partial charge on any atom is -0.339 e. The number of hydrogen-bond acceptors (Lipinski definition) is 5. The van der Waals surface area contributed by atoms with Crippen molar-refractivity contribution in [2.24, 2.45) is 0 Å². The Labute approximate surface area is 148 Å². The molecule has 1 atom stereocenters. The molecule has 1 N–H and O–H groups in total. The van der Waals surface area contributed by atoms with Gasteiger partial charge in [-0.3, -0.25) is 4.79 Å². The molecule has 0 unspecified atom stereocenters. The lowest BCUT2D eigenvalue weighted by molar-refractivity contribution is -0.131. The first-order valence-electron chi connectivity index (χ1n) is 8.36. The summed E-state index contributed by atoms with van der Waals surface area (Å²) >= 11 is 1.28. The summed E-state index contributed by atoms with van der Waals surface area (Å²) in [5.74, 6) is 0.0846. The first-order valence-corrected chi connectivity index (χ1v) is 9.34. The van der Waals surface area contributed by atoms with Crippen LogP contribution in [0.4, 0.5) is 4.39 Å². The summed E-state index contributed by atoms with van der Waals surface area (Å²) in [5.41, 5.74) is 1.85. The number of fused-ring (bicyclic) bond motifs is 3. The third kappa shape index (κ3) is 3.18. The van der Waals surface area contributed by atoms with E-state index in [9.17, 15) is 9.18 Å². The van der Waals surface area contributed by atoms with Crippen molar-refractivity contribution in [1.29, 1.82) is 0 Å². The number of aromatic amines is 1. The highest BCUT2D eigenvalue weighted by atomic mass is 32.2. The minimum atomic E-state index is -0.324. The van der Waals surface area contributed by atoms with E-state index in [-0.39, 0.29) is 11.7 Å². The molecule has 0 aliphatic carbocycles. The van der Waals surface area contributed by atoms with Gasteiger partial charge < -0.3 is 9.88 Å². The standard InChI is InChI=1S/C17H18FN5OS/c1-10-4-2-3-7-23(10)14(24)9-25-17-20-16-15(21-22-17)12-8-11(18)5-6-13(12)19-16/h5-6,8,10H,2-4,7,9H2,1H3,(H,19,20,22)/t10-/m0/s1. The summed E-state index contributed by atoms with van der Waals surface area (Å²) in [6, 6.07) is 4.76. The fourth-order valence-electron chi connectivity index (χ4n) is 3.27. The van der Waals surface area contributed by atoms with Crippen molar-refractivity contribution in [2.45, 2.75) is 37.4 Å². The fourth-order valence-corrected chi connectivity index (χ4v) is 3.94. The van der Waals surface area contributed by atoms with E-state index in [0.29, 0.717) is 33.5 Å². The molecule has 25 heavy (non-hydrogen) atoms. The molecule has 130 valence electrons. The van der Waals surface area contributed by atoms with Gasteiger partial charge in [-0.2, -0.15) is 0 Å². The molecule has 1 aliphatic heterocycles. The van der Waals surface area contributed by atoms with E-state index in [1.165, 1.54) is 30.3 Å². The number of thioether (sulfide) groups is 1. The molecule has 1 saturated heterocycles. The average molecular weight is 359 g/mol. The zero-order valence-electron chi connectivity index (χ0n) is 13.8. The molecule has 1 aromatic carbocycles. The maximum atomic E-state index is 13.4. The van der Waals surface area contributed by atoms with Gasteiger partial charge in [0.1, 0.15) is 11.3 Å². The maximum absolute atomic E-state index is 13.4. The Bertz CT molecular complexity index is 943. The third-order valence-electron chi connectivity index (χ3n) is 4.61. The van der Waals surface area contributed by atoms with Crippen LogP contribution < -0.4 is 0 Å². The molecule has 0 saturated carbocycles. The SMILES string of the molecule is C[C@H]1CCCCN1C(=O)CSc1nnc2c(n1)[nH]c1ccc(F)cc12. The number of aromatic nitrogens is 4. The van der Waals surface area contributed by atoms with Crippen molar-refractivity contribution in [3.05, 3.63) is 24.0 Å². The van der Waals surface area contributed by atoms with Crippen molar-refractivity contribution in [2.75, 3.05) is 12.3 Å². The second-order valence-electron chi connectivity index (χ2n) is 6.33. The Morgan fingerprint density at radius 1 is 1.40 bits per heavy atom. The normalized spacial score (nSPS) is 18.2. The molecule has 3 heterocycles. The predicted octanol–water partition coefficient (Wildman–Crippen LogP) is 3.14. The van der Waals surface area contributed by atoms with Crippen LogP contribution in [0.5, 0.6) is 0 Å². The van der Waals surface area contributed by atoms with Gasteiger partial charge in [0.15, 0.2) is 5.65 Å². The van der Waals surface area contributed by atoms with Gasteiger partial charge in [0.05, 0.1) is 5.75 Å². The molecule has 6 nitrogen and oxygen atoms in total. The Morgan fingerprint density at radius 2 is 2.28 bits per heavy atom. The number of H-pyrrole nitrogens is 1. The van der Waals surface area contributed by atoms with E-state index < -0.39 is 0 Å². The number of piperidine rings is 1. The van der Waals surface area contributed by atoms with E-state index in [4.69, 9.17) is 0 Å². The van der Waals surface area contributed by atoms with E-state index in [2.05, 4.69) is 27.1 Å². The highest BCUT2D eigenvalue weighted by molar-refractivity contribution is 7.99. The predicted molar refractivity (Wildman–Crippen MR) is 94.9 cm³/mol. The van der Waals surface area contributed by atoms with Crippen molar-refractivity contribution >= 4 is 39.7 Å². The van der Waals surface area contributed by atoms with Gasteiger partial charge in [0.25, 0.3) is 0 Å². The monoisotopic (exact) mass is 359 g/mol. The summed E-state index contributed by atoms with van der Waals surface area (Å²) < 4.78 is 13.4. The minimum absolute atomic E-state index is 0.111. The Hall–Kier alpha value is -2.22. The van der Waals surface area contributed by atoms with Crippen LogP contribution in [0.3, 0.4) is 0 Å². The summed E-state index contributed by atoms with van der Waals surface area (Å²) in [7, 11) is 0. The molecule has 4 rings (SSSR count). The summed E-state index contributed by atoms with van der Waals surface area (Å²) in [6.07, 6.45) is 3.31. The number of rotatable bonds is 3. The number of amides is 1. The van der Waals surface area contributed by atoms with Crippen LogP contribution in [0.2, 0.25) is 0 Å². The van der Waals surface area contributed by atoms with Gasteiger partial charge in [-0.05, 0) is 44.4 Å². The quantitative estimate of drug-likeness (QED) is 0.727. The van der Waals surface area contributed by atoms with Crippen molar-refractivity contribution in [3.8, 4) is 0 Å². The molecular formula is C17H18FN5OS. The van der Waals surface area contributed by atoms with Crippen LogP contribution in [0.25, 0.3) is 22.1 Å². The number of benzene rings is 1. The molecule has 1 aliphatic rings. The maximum Gasteiger partial charge on any atom is 0.233 e. The first-order chi connectivity index (χ1) is 12.1. The number of carbonyl (C=O) groups is 1. The molecular weight excluding hydrogens is 341 g/mol. The number of hydrogen-bond donors (Lipinski definition) is 1. The number of halogens is 1. The molecule has 0 radical (unpaired) electrons. The first kappa shape index (κ1) is 16.3. The van der Waals surface area contributed by atoms with Crippen molar-refractivity contribution in [3.63, 3.8) is 0 Å². The van der Waals surface area contributed by atoms with E-state index >= 15 is 0 Å². The number of nitrogens with one attached hydrogen (secondary N) is 1. The van der Waals surface area contributed by atoms with E-state index in [1.807, 2.05) is 4.90 Å². The largest absolute Gasteiger partial charge is 0.339 e. The van der Waals surface area contributed by atoms with Crippen LogP contribution in [0, 0.1) is 5.82 Å². The average Bonchev–Trinajstić information content (AvgIpc) is 2.97. The molecule has 2 aromatic heterocycles. The van der Waals surface area contributed by atoms with Crippen LogP contribution in [-0.4, -0.2) is 49.3 Å². The van der Waals surface area contributed by atoms with Gasteiger partial charge in [-0.1, -0.05) is 11.8 Å². The topological polar surface area (TPSA) is 74.8 Å². The van der Waals surface area contributed by atoms with E-state index in [0.717, 1.165) is 24.9 Å². The Morgan fingerprint density at radius 3 is 3.12 bits per heavy atom. The highest BCUT2D eigenvalue weighted by Crippen LogP contribution is 2.25. The Kier molecular flexibility index (Phi) is 4.29. The van der Waals surface area contributed by atoms with E-state index in [1.54, 1.807) is 6.07 Å². The summed E-state index contributed by atoms with van der Waals surface area (Å²) in [4.78, 5) is 21.9. The molecule has 8 heteroatoms.